The maximum absolute atomic E-state index is 12.8. The first-order valence-corrected chi connectivity index (χ1v) is 12.0. The van der Waals surface area contributed by atoms with Crippen LogP contribution in [-0.4, -0.2) is 23.0 Å². The van der Waals surface area contributed by atoms with Gasteiger partial charge in [0, 0.05) is 24.3 Å². The number of hydrogen-bond acceptors (Lipinski definition) is 5. The first kappa shape index (κ1) is 22.5. The molecule has 2 aromatic heterocycles. The van der Waals surface area contributed by atoms with E-state index in [9.17, 15) is 9.59 Å². The van der Waals surface area contributed by atoms with Crippen molar-refractivity contribution < 1.29 is 9.53 Å². The molecule has 0 saturated carbocycles. The molecule has 1 aliphatic carbocycles. The molecule has 2 N–H and O–H groups in total. The van der Waals surface area contributed by atoms with Crippen molar-refractivity contribution in [2.45, 2.75) is 59.4 Å². The zero-order valence-corrected chi connectivity index (χ0v) is 20.0. The van der Waals surface area contributed by atoms with Crippen molar-refractivity contribution in [2.75, 3.05) is 7.11 Å². The SMILES string of the molecule is COc1ccc(CNC(=O)CCc2nc3sc4c(c3c(=O)[nH]2)CC[C@H](C(C)(C)C)C4)cc1. The van der Waals surface area contributed by atoms with E-state index in [1.165, 1.54) is 10.4 Å². The quantitative estimate of drug-likeness (QED) is 0.580. The van der Waals surface area contributed by atoms with E-state index in [1.54, 1.807) is 18.4 Å². The molecule has 0 saturated heterocycles. The fourth-order valence-electron chi connectivity index (χ4n) is 4.35. The van der Waals surface area contributed by atoms with Crippen LogP contribution in [0.5, 0.6) is 5.75 Å². The van der Waals surface area contributed by atoms with Gasteiger partial charge >= 0.3 is 0 Å². The lowest BCUT2D eigenvalue weighted by atomic mass is 9.72. The minimum absolute atomic E-state index is 0.0675. The van der Waals surface area contributed by atoms with Crippen LogP contribution in [0, 0.1) is 11.3 Å². The average molecular weight is 454 g/mol. The zero-order chi connectivity index (χ0) is 22.9. The highest BCUT2D eigenvalue weighted by Gasteiger charge is 2.31. The molecule has 7 heteroatoms. The topological polar surface area (TPSA) is 84.1 Å². The maximum atomic E-state index is 12.8. The van der Waals surface area contributed by atoms with Crippen molar-refractivity contribution >= 4 is 27.5 Å². The van der Waals surface area contributed by atoms with Crippen molar-refractivity contribution in [1.29, 1.82) is 0 Å². The number of thiophene rings is 1. The second-order valence-corrected chi connectivity index (χ2v) is 10.7. The lowest BCUT2D eigenvalue weighted by molar-refractivity contribution is -0.121. The lowest BCUT2D eigenvalue weighted by Crippen LogP contribution is -2.26. The summed E-state index contributed by atoms with van der Waals surface area (Å²) in [6.07, 6.45) is 3.75. The number of nitrogens with zero attached hydrogens (tertiary/aromatic N) is 1. The van der Waals surface area contributed by atoms with Gasteiger partial charge < -0.3 is 15.0 Å². The third-order valence-corrected chi connectivity index (χ3v) is 7.58. The number of H-pyrrole nitrogens is 1. The van der Waals surface area contributed by atoms with Crippen LogP contribution in [0.25, 0.3) is 10.2 Å². The molecular weight excluding hydrogens is 422 g/mol. The summed E-state index contributed by atoms with van der Waals surface area (Å²) in [5, 5.41) is 3.67. The maximum Gasteiger partial charge on any atom is 0.259 e. The molecule has 1 aromatic carbocycles. The number of ether oxygens (including phenoxy) is 1. The largest absolute Gasteiger partial charge is 0.497 e. The third-order valence-electron chi connectivity index (χ3n) is 6.43. The number of carbonyl (C=O) groups is 1. The lowest BCUT2D eigenvalue weighted by Gasteiger charge is -2.33. The number of aromatic amines is 1. The monoisotopic (exact) mass is 453 g/mol. The summed E-state index contributed by atoms with van der Waals surface area (Å²) in [7, 11) is 1.63. The molecule has 0 aliphatic heterocycles. The van der Waals surface area contributed by atoms with Crippen molar-refractivity contribution in [2.24, 2.45) is 11.3 Å². The summed E-state index contributed by atoms with van der Waals surface area (Å²) in [6.45, 7) is 7.33. The van der Waals surface area contributed by atoms with Gasteiger partial charge in [-0.1, -0.05) is 32.9 Å². The van der Waals surface area contributed by atoms with Crippen molar-refractivity contribution in [1.82, 2.24) is 15.3 Å². The van der Waals surface area contributed by atoms with Crippen LogP contribution in [0.2, 0.25) is 0 Å². The van der Waals surface area contributed by atoms with Gasteiger partial charge in [-0.3, -0.25) is 9.59 Å². The third kappa shape index (κ3) is 4.88. The van der Waals surface area contributed by atoms with E-state index in [4.69, 9.17) is 9.72 Å². The molecule has 4 rings (SSSR count). The summed E-state index contributed by atoms with van der Waals surface area (Å²) in [5.41, 5.74) is 2.38. The Kier molecular flexibility index (Phi) is 6.38. The van der Waals surface area contributed by atoms with Crippen molar-refractivity contribution in [3.63, 3.8) is 0 Å². The number of carbonyl (C=O) groups excluding carboxylic acids is 1. The highest BCUT2D eigenvalue weighted by molar-refractivity contribution is 7.18. The number of hydrogen-bond donors (Lipinski definition) is 2. The number of methoxy groups -OCH3 is 1. The fourth-order valence-corrected chi connectivity index (χ4v) is 5.67. The predicted octanol–water partition coefficient (Wildman–Crippen LogP) is 4.39. The Morgan fingerprint density at radius 2 is 2.03 bits per heavy atom. The first-order valence-electron chi connectivity index (χ1n) is 11.2. The van der Waals surface area contributed by atoms with E-state index in [0.29, 0.717) is 24.7 Å². The van der Waals surface area contributed by atoms with Crippen LogP contribution in [0.1, 0.15) is 55.4 Å². The summed E-state index contributed by atoms with van der Waals surface area (Å²) < 4.78 is 5.15. The standard InChI is InChI=1S/C25H31N3O3S/c1-25(2,3)16-7-10-18-19(13-16)32-24-22(18)23(30)27-20(28-24)11-12-21(29)26-14-15-5-8-17(31-4)9-6-15/h5-6,8-9,16H,7,10-14H2,1-4H3,(H,26,29)(H,27,28,30)/t16-/m0/s1. The summed E-state index contributed by atoms with van der Waals surface area (Å²) in [4.78, 5) is 34.9. The molecule has 1 aliphatic rings. The molecule has 32 heavy (non-hydrogen) atoms. The molecule has 0 fully saturated rings. The summed E-state index contributed by atoms with van der Waals surface area (Å²) in [6, 6.07) is 7.59. The van der Waals surface area contributed by atoms with Gasteiger partial charge in [-0.15, -0.1) is 11.3 Å². The molecule has 1 atom stereocenters. The number of rotatable bonds is 6. The van der Waals surface area contributed by atoms with E-state index >= 15 is 0 Å². The van der Waals surface area contributed by atoms with Crippen molar-refractivity contribution in [3.05, 3.63) is 56.4 Å². The predicted molar refractivity (Wildman–Crippen MR) is 128 cm³/mol. The van der Waals surface area contributed by atoms with Crippen LogP contribution in [0.15, 0.2) is 29.1 Å². The molecule has 0 radical (unpaired) electrons. The fraction of sp³-hybridized carbons (Fsp3) is 0.480. The summed E-state index contributed by atoms with van der Waals surface area (Å²) in [5.74, 6) is 1.92. The van der Waals surface area contributed by atoms with Gasteiger partial charge in [0.05, 0.1) is 12.5 Å². The second kappa shape index (κ2) is 9.06. The highest BCUT2D eigenvalue weighted by Crippen LogP contribution is 2.41. The normalized spacial score (nSPS) is 16.1. The van der Waals surface area contributed by atoms with Gasteiger partial charge in [0.15, 0.2) is 0 Å². The minimum atomic E-state index is -0.0738. The Morgan fingerprint density at radius 3 is 2.72 bits per heavy atom. The smallest absolute Gasteiger partial charge is 0.259 e. The van der Waals surface area contributed by atoms with Crippen molar-refractivity contribution in [3.8, 4) is 5.75 Å². The van der Waals surface area contributed by atoms with E-state index in [1.807, 2.05) is 24.3 Å². The second-order valence-electron chi connectivity index (χ2n) is 9.63. The molecular formula is C25H31N3O3S. The number of fused-ring (bicyclic) bond motifs is 3. The number of aromatic nitrogens is 2. The van der Waals surface area contributed by atoms with Gasteiger partial charge in [-0.05, 0) is 53.9 Å². The molecule has 0 bridgehead atoms. The van der Waals surface area contributed by atoms with Gasteiger partial charge in [0.2, 0.25) is 5.91 Å². The van der Waals surface area contributed by atoms with Crippen LogP contribution in [0.3, 0.4) is 0 Å². The molecule has 2 heterocycles. The van der Waals surface area contributed by atoms with Gasteiger partial charge in [-0.2, -0.15) is 0 Å². The molecule has 3 aromatic rings. The Labute approximate surface area is 192 Å². The molecule has 1 amide bonds. The van der Waals surface area contributed by atoms with E-state index in [-0.39, 0.29) is 23.3 Å². The Balaban J connectivity index is 1.40. The molecule has 6 nitrogen and oxygen atoms in total. The van der Waals surface area contributed by atoms with Crippen LogP contribution in [-0.2, 0) is 30.6 Å². The van der Waals surface area contributed by atoms with E-state index < -0.39 is 0 Å². The highest BCUT2D eigenvalue weighted by atomic mass is 32.1. The number of nitrogens with one attached hydrogen (secondary N) is 2. The van der Waals surface area contributed by atoms with Gasteiger partial charge in [0.25, 0.3) is 5.56 Å². The molecule has 0 unspecified atom stereocenters. The number of benzene rings is 1. The van der Waals surface area contributed by atoms with Crippen LogP contribution < -0.4 is 15.6 Å². The minimum Gasteiger partial charge on any atom is -0.497 e. The summed E-state index contributed by atoms with van der Waals surface area (Å²) >= 11 is 1.65. The Morgan fingerprint density at radius 1 is 1.28 bits per heavy atom. The average Bonchev–Trinajstić information content (AvgIpc) is 3.14. The van der Waals surface area contributed by atoms with E-state index in [0.717, 1.165) is 40.8 Å². The Hall–Kier alpha value is -2.67. The molecule has 170 valence electrons. The number of amides is 1. The Bertz CT molecular complexity index is 1170. The van der Waals surface area contributed by atoms with Gasteiger partial charge in [0.1, 0.15) is 16.4 Å². The zero-order valence-electron chi connectivity index (χ0n) is 19.2. The van der Waals surface area contributed by atoms with Crippen LogP contribution in [0.4, 0.5) is 0 Å². The van der Waals surface area contributed by atoms with E-state index in [2.05, 4.69) is 31.1 Å². The van der Waals surface area contributed by atoms with Crippen LogP contribution >= 0.6 is 11.3 Å². The molecule has 0 spiro atoms. The van der Waals surface area contributed by atoms with Gasteiger partial charge in [-0.25, -0.2) is 4.98 Å². The number of aryl methyl sites for hydroxylation is 2. The first-order chi connectivity index (χ1) is 15.2.